The summed E-state index contributed by atoms with van der Waals surface area (Å²) in [6.07, 6.45) is 7.66. The van der Waals surface area contributed by atoms with Gasteiger partial charge in [0.25, 0.3) is 0 Å². The standard InChI is InChI=1S/C21H33NO4/c1-4-5-6-7-8-15-25-21-13-10-19(11-14-21)9-12-20(22-17(2)23)16-26-18(3)24/h10-11,13-14,20H,4-9,12,15-16H2,1-3H3,(H,22,23). The van der Waals surface area contributed by atoms with Crippen molar-refractivity contribution in [3.05, 3.63) is 29.8 Å². The second-order valence-electron chi connectivity index (χ2n) is 6.65. The number of nitrogens with one attached hydrogen (secondary N) is 1. The van der Waals surface area contributed by atoms with Crippen molar-refractivity contribution in [2.75, 3.05) is 13.2 Å². The van der Waals surface area contributed by atoms with Gasteiger partial charge in [0, 0.05) is 13.8 Å². The number of rotatable bonds is 13. The number of amides is 1. The first kappa shape index (κ1) is 22.0. The Morgan fingerprint density at radius 3 is 2.35 bits per heavy atom. The molecular formula is C21H33NO4. The van der Waals surface area contributed by atoms with Crippen LogP contribution in [0.3, 0.4) is 0 Å². The maximum absolute atomic E-state index is 11.3. The summed E-state index contributed by atoms with van der Waals surface area (Å²) in [6, 6.07) is 7.89. The maximum atomic E-state index is 11.3. The van der Waals surface area contributed by atoms with Crippen LogP contribution in [-0.2, 0) is 20.7 Å². The first-order valence-electron chi connectivity index (χ1n) is 9.63. The van der Waals surface area contributed by atoms with Gasteiger partial charge in [0.05, 0.1) is 12.6 Å². The highest BCUT2D eigenvalue weighted by atomic mass is 16.5. The zero-order valence-electron chi connectivity index (χ0n) is 16.4. The van der Waals surface area contributed by atoms with Gasteiger partial charge < -0.3 is 14.8 Å². The van der Waals surface area contributed by atoms with E-state index in [1.54, 1.807) is 0 Å². The van der Waals surface area contributed by atoms with Crippen LogP contribution in [0.1, 0.15) is 64.9 Å². The van der Waals surface area contributed by atoms with Crippen molar-refractivity contribution in [2.24, 2.45) is 0 Å². The fraction of sp³-hybridized carbons (Fsp3) is 0.619. The molecule has 0 bridgehead atoms. The van der Waals surface area contributed by atoms with Crippen LogP contribution in [-0.4, -0.2) is 31.1 Å². The van der Waals surface area contributed by atoms with Gasteiger partial charge in [-0.15, -0.1) is 0 Å². The zero-order valence-corrected chi connectivity index (χ0v) is 16.4. The predicted octanol–water partition coefficient (Wildman–Crippen LogP) is 4.04. The average molecular weight is 363 g/mol. The van der Waals surface area contributed by atoms with E-state index in [1.807, 2.05) is 24.3 Å². The van der Waals surface area contributed by atoms with E-state index >= 15 is 0 Å². The highest BCUT2D eigenvalue weighted by Crippen LogP contribution is 2.15. The quantitative estimate of drug-likeness (QED) is 0.424. The van der Waals surface area contributed by atoms with Gasteiger partial charge in [-0.2, -0.15) is 0 Å². The third-order valence-corrected chi connectivity index (χ3v) is 4.12. The summed E-state index contributed by atoms with van der Waals surface area (Å²) < 4.78 is 10.8. The molecular weight excluding hydrogens is 330 g/mol. The molecule has 1 rings (SSSR count). The molecule has 1 atom stereocenters. The normalized spacial score (nSPS) is 11.7. The van der Waals surface area contributed by atoms with Gasteiger partial charge >= 0.3 is 5.97 Å². The Labute approximate surface area is 157 Å². The second kappa shape index (κ2) is 13.2. The molecule has 26 heavy (non-hydrogen) atoms. The number of hydrogen-bond acceptors (Lipinski definition) is 4. The lowest BCUT2D eigenvalue weighted by molar-refractivity contribution is -0.142. The summed E-state index contributed by atoms with van der Waals surface area (Å²) in [5.74, 6) is 0.434. The van der Waals surface area contributed by atoms with Crippen molar-refractivity contribution >= 4 is 11.9 Å². The Kier molecular flexibility index (Phi) is 11.2. The van der Waals surface area contributed by atoms with E-state index in [4.69, 9.17) is 9.47 Å². The molecule has 0 aliphatic carbocycles. The summed E-state index contributed by atoms with van der Waals surface area (Å²) >= 11 is 0. The van der Waals surface area contributed by atoms with E-state index in [1.165, 1.54) is 45.1 Å². The zero-order chi connectivity index (χ0) is 19.2. The molecule has 1 aromatic carbocycles. The molecule has 0 radical (unpaired) electrons. The molecule has 146 valence electrons. The SMILES string of the molecule is CCCCCCCOc1ccc(CCC(COC(C)=O)NC(C)=O)cc1. The lowest BCUT2D eigenvalue weighted by Gasteiger charge is -2.17. The molecule has 5 nitrogen and oxygen atoms in total. The van der Waals surface area contributed by atoms with Crippen molar-refractivity contribution in [3.8, 4) is 5.75 Å². The van der Waals surface area contributed by atoms with E-state index < -0.39 is 0 Å². The summed E-state index contributed by atoms with van der Waals surface area (Å²) in [6.45, 7) is 6.01. The van der Waals surface area contributed by atoms with Crippen LogP contribution in [0.5, 0.6) is 5.75 Å². The lowest BCUT2D eigenvalue weighted by atomic mass is 10.1. The highest BCUT2D eigenvalue weighted by molar-refractivity contribution is 5.73. The van der Waals surface area contributed by atoms with E-state index in [2.05, 4.69) is 12.2 Å². The molecule has 0 aliphatic rings. The summed E-state index contributed by atoms with van der Waals surface area (Å²) in [7, 11) is 0. The molecule has 1 unspecified atom stereocenters. The van der Waals surface area contributed by atoms with E-state index in [0.29, 0.717) is 6.42 Å². The summed E-state index contributed by atoms with van der Waals surface area (Å²) in [4.78, 5) is 22.2. The number of carbonyl (C=O) groups excluding carboxylic acids is 2. The van der Waals surface area contributed by atoms with Gasteiger partial charge in [-0.25, -0.2) is 0 Å². The van der Waals surface area contributed by atoms with Crippen LogP contribution < -0.4 is 10.1 Å². The fourth-order valence-corrected chi connectivity index (χ4v) is 2.69. The van der Waals surface area contributed by atoms with Crippen molar-refractivity contribution in [2.45, 2.75) is 71.8 Å². The maximum Gasteiger partial charge on any atom is 0.302 e. The third-order valence-electron chi connectivity index (χ3n) is 4.12. The van der Waals surface area contributed by atoms with Crippen molar-refractivity contribution in [1.29, 1.82) is 0 Å². The summed E-state index contributed by atoms with van der Waals surface area (Å²) in [5, 5.41) is 2.82. The van der Waals surface area contributed by atoms with E-state index in [-0.39, 0.29) is 24.5 Å². The molecule has 0 spiro atoms. The number of aryl methyl sites for hydroxylation is 1. The Morgan fingerprint density at radius 1 is 1.04 bits per heavy atom. The highest BCUT2D eigenvalue weighted by Gasteiger charge is 2.12. The minimum Gasteiger partial charge on any atom is -0.494 e. The Balaban J connectivity index is 2.34. The van der Waals surface area contributed by atoms with Gasteiger partial charge in [-0.1, -0.05) is 44.7 Å². The number of hydrogen-bond donors (Lipinski definition) is 1. The van der Waals surface area contributed by atoms with E-state index in [9.17, 15) is 9.59 Å². The Bertz CT molecular complexity index is 527. The molecule has 5 heteroatoms. The van der Waals surface area contributed by atoms with Crippen LogP contribution in [0.25, 0.3) is 0 Å². The average Bonchev–Trinajstić information content (AvgIpc) is 2.61. The first-order chi connectivity index (χ1) is 12.5. The molecule has 0 saturated heterocycles. The van der Waals surface area contributed by atoms with Crippen molar-refractivity contribution in [3.63, 3.8) is 0 Å². The van der Waals surface area contributed by atoms with Crippen LogP contribution >= 0.6 is 0 Å². The topological polar surface area (TPSA) is 64.6 Å². The second-order valence-corrected chi connectivity index (χ2v) is 6.65. The first-order valence-corrected chi connectivity index (χ1v) is 9.63. The monoisotopic (exact) mass is 363 g/mol. The van der Waals surface area contributed by atoms with Gasteiger partial charge in [-0.05, 0) is 37.0 Å². The van der Waals surface area contributed by atoms with Crippen LogP contribution in [0.15, 0.2) is 24.3 Å². The Hall–Kier alpha value is -2.04. The molecule has 0 aromatic heterocycles. The van der Waals surface area contributed by atoms with Crippen LogP contribution in [0.2, 0.25) is 0 Å². The minimum absolute atomic E-state index is 0.121. The van der Waals surface area contributed by atoms with Crippen LogP contribution in [0, 0.1) is 0 Å². The number of ether oxygens (including phenoxy) is 2. The number of unbranched alkanes of at least 4 members (excludes halogenated alkanes) is 4. The van der Waals surface area contributed by atoms with Gasteiger partial charge in [0.15, 0.2) is 0 Å². The third kappa shape index (κ3) is 10.7. The molecule has 1 N–H and O–H groups in total. The number of benzene rings is 1. The molecule has 0 fully saturated rings. The number of esters is 1. The van der Waals surface area contributed by atoms with Crippen molar-refractivity contribution in [1.82, 2.24) is 5.32 Å². The van der Waals surface area contributed by atoms with Gasteiger partial charge in [0.1, 0.15) is 12.4 Å². The van der Waals surface area contributed by atoms with E-state index in [0.717, 1.165) is 25.2 Å². The predicted molar refractivity (Wildman–Crippen MR) is 103 cm³/mol. The minimum atomic E-state index is -0.337. The summed E-state index contributed by atoms with van der Waals surface area (Å²) in [5.41, 5.74) is 1.17. The van der Waals surface area contributed by atoms with Crippen molar-refractivity contribution < 1.29 is 19.1 Å². The smallest absolute Gasteiger partial charge is 0.302 e. The molecule has 1 aromatic rings. The number of carbonyl (C=O) groups is 2. The molecule has 0 saturated carbocycles. The van der Waals surface area contributed by atoms with Crippen LogP contribution in [0.4, 0.5) is 0 Å². The molecule has 0 heterocycles. The Morgan fingerprint density at radius 2 is 1.73 bits per heavy atom. The fourth-order valence-electron chi connectivity index (χ4n) is 2.69. The molecule has 0 aliphatic heterocycles. The molecule has 1 amide bonds. The van der Waals surface area contributed by atoms with Gasteiger partial charge in [-0.3, -0.25) is 9.59 Å². The van der Waals surface area contributed by atoms with Gasteiger partial charge in [0.2, 0.25) is 5.91 Å². The lowest BCUT2D eigenvalue weighted by Crippen LogP contribution is -2.37. The largest absolute Gasteiger partial charge is 0.494 e.